The Balaban J connectivity index is 5.09. The second-order valence-electron chi connectivity index (χ2n) is 5.43. The highest BCUT2D eigenvalue weighted by Crippen LogP contribution is 2.54. The third-order valence-corrected chi connectivity index (χ3v) is 5.52. The molecular weight excluding hydrogens is 192 g/mol. The van der Waals surface area contributed by atoms with Crippen molar-refractivity contribution in [2.75, 3.05) is 0 Å². The van der Waals surface area contributed by atoms with Crippen LogP contribution in [0.3, 0.4) is 0 Å². The van der Waals surface area contributed by atoms with Crippen molar-refractivity contribution in [2.24, 2.45) is 10.8 Å². The summed E-state index contributed by atoms with van der Waals surface area (Å²) in [6.07, 6.45) is 11.0. The molecule has 0 saturated heterocycles. The lowest BCUT2D eigenvalue weighted by Crippen LogP contribution is -2.40. The monoisotopic (exact) mass is 226 g/mol. The Kier molecular flexibility index (Phi) is 7.35. The minimum Gasteiger partial charge on any atom is -0.0654 e. The number of unbranched alkanes of at least 4 members (excludes halogenated alkanes) is 1. The van der Waals surface area contributed by atoms with Crippen LogP contribution in [0.1, 0.15) is 92.9 Å². The van der Waals surface area contributed by atoms with Crippen molar-refractivity contribution in [3.8, 4) is 0 Å². The SMILES string of the molecule is CCCCC(CC)(CC)C(CC)(CC)CC. The van der Waals surface area contributed by atoms with Crippen LogP contribution in [0.5, 0.6) is 0 Å². The summed E-state index contributed by atoms with van der Waals surface area (Å²) in [5.41, 5.74) is 1.19. The van der Waals surface area contributed by atoms with Crippen molar-refractivity contribution in [1.82, 2.24) is 0 Å². The Bertz CT molecular complexity index is 153. The second-order valence-corrected chi connectivity index (χ2v) is 5.43. The predicted molar refractivity (Wildman–Crippen MR) is 75.8 cm³/mol. The molecule has 0 rings (SSSR count). The van der Waals surface area contributed by atoms with E-state index in [1.807, 2.05) is 0 Å². The van der Waals surface area contributed by atoms with Gasteiger partial charge in [-0.1, -0.05) is 54.4 Å². The summed E-state index contributed by atoms with van der Waals surface area (Å²) in [6.45, 7) is 14.3. The van der Waals surface area contributed by atoms with Crippen LogP contribution in [0.25, 0.3) is 0 Å². The molecule has 0 bridgehead atoms. The molecular formula is C16H34. The molecule has 98 valence electrons. The third-order valence-electron chi connectivity index (χ3n) is 5.52. The molecule has 0 heteroatoms. The highest BCUT2D eigenvalue weighted by molar-refractivity contribution is 4.94. The average Bonchev–Trinajstić information content (AvgIpc) is 2.35. The summed E-state index contributed by atoms with van der Waals surface area (Å²) in [7, 11) is 0. The smallest absolute Gasteiger partial charge is 0.0246 e. The van der Waals surface area contributed by atoms with E-state index in [0.717, 1.165) is 0 Å². The van der Waals surface area contributed by atoms with Crippen LogP contribution in [0.4, 0.5) is 0 Å². The lowest BCUT2D eigenvalue weighted by Gasteiger charge is -2.50. The van der Waals surface area contributed by atoms with Crippen LogP contribution in [0, 0.1) is 10.8 Å². The lowest BCUT2D eigenvalue weighted by molar-refractivity contribution is -0.000927. The standard InChI is InChI=1S/C16H34/c1-7-13-14-16(11-5,12-6)15(8-2,9-3)10-4/h7-14H2,1-6H3. The summed E-state index contributed by atoms with van der Waals surface area (Å²) in [6, 6.07) is 0. The van der Waals surface area contributed by atoms with Gasteiger partial charge in [0.25, 0.3) is 0 Å². The van der Waals surface area contributed by atoms with Crippen molar-refractivity contribution in [3.05, 3.63) is 0 Å². The van der Waals surface area contributed by atoms with E-state index >= 15 is 0 Å². The van der Waals surface area contributed by atoms with Gasteiger partial charge in [0.2, 0.25) is 0 Å². The topological polar surface area (TPSA) is 0 Å². The van der Waals surface area contributed by atoms with Crippen molar-refractivity contribution in [2.45, 2.75) is 92.9 Å². The van der Waals surface area contributed by atoms with Gasteiger partial charge in [-0.3, -0.25) is 0 Å². The molecule has 16 heavy (non-hydrogen) atoms. The van der Waals surface area contributed by atoms with Gasteiger partial charge in [0.05, 0.1) is 0 Å². The van der Waals surface area contributed by atoms with Crippen LogP contribution < -0.4 is 0 Å². The molecule has 0 aromatic rings. The predicted octanol–water partition coefficient (Wildman–Crippen LogP) is 6.20. The van der Waals surface area contributed by atoms with E-state index in [4.69, 9.17) is 0 Å². The molecule has 0 spiro atoms. The first-order valence-corrected chi connectivity index (χ1v) is 7.61. The minimum absolute atomic E-state index is 0.589. The van der Waals surface area contributed by atoms with E-state index in [-0.39, 0.29) is 0 Å². The molecule has 0 aliphatic rings. The molecule has 0 radical (unpaired) electrons. The summed E-state index contributed by atoms with van der Waals surface area (Å²) in [5, 5.41) is 0. The number of hydrogen-bond donors (Lipinski definition) is 0. The molecule has 0 amide bonds. The van der Waals surface area contributed by atoms with Crippen LogP contribution in [0.2, 0.25) is 0 Å². The summed E-state index contributed by atoms with van der Waals surface area (Å²) in [5.74, 6) is 0. The molecule has 0 N–H and O–H groups in total. The van der Waals surface area contributed by atoms with Gasteiger partial charge < -0.3 is 0 Å². The first-order valence-electron chi connectivity index (χ1n) is 7.61. The van der Waals surface area contributed by atoms with Crippen molar-refractivity contribution in [1.29, 1.82) is 0 Å². The molecule has 0 fully saturated rings. The molecule has 0 nitrogen and oxygen atoms in total. The maximum Gasteiger partial charge on any atom is -0.0246 e. The highest BCUT2D eigenvalue weighted by atomic mass is 14.5. The minimum atomic E-state index is 0.589. The van der Waals surface area contributed by atoms with Gasteiger partial charge >= 0.3 is 0 Å². The van der Waals surface area contributed by atoms with Crippen LogP contribution in [-0.2, 0) is 0 Å². The summed E-state index contributed by atoms with van der Waals surface area (Å²) >= 11 is 0. The molecule has 0 aliphatic carbocycles. The zero-order valence-electron chi connectivity index (χ0n) is 12.7. The summed E-state index contributed by atoms with van der Waals surface area (Å²) < 4.78 is 0. The van der Waals surface area contributed by atoms with Gasteiger partial charge in [-0.05, 0) is 49.4 Å². The van der Waals surface area contributed by atoms with E-state index in [0.29, 0.717) is 10.8 Å². The fraction of sp³-hybridized carbons (Fsp3) is 1.00. The maximum atomic E-state index is 2.41. The first-order chi connectivity index (χ1) is 7.61. The van der Waals surface area contributed by atoms with Gasteiger partial charge in [0.15, 0.2) is 0 Å². The second kappa shape index (κ2) is 7.35. The highest BCUT2D eigenvalue weighted by Gasteiger charge is 2.44. The largest absolute Gasteiger partial charge is 0.0654 e. The van der Waals surface area contributed by atoms with Gasteiger partial charge in [-0.15, -0.1) is 0 Å². The Morgan fingerprint density at radius 3 is 1.19 bits per heavy atom. The Morgan fingerprint density at radius 2 is 0.938 bits per heavy atom. The Hall–Kier alpha value is 0. The van der Waals surface area contributed by atoms with Gasteiger partial charge in [0, 0.05) is 0 Å². The van der Waals surface area contributed by atoms with E-state index in [2.05, 4.69) is 41.5 Å². The molecule has 0 aliphatic heterocycles. The normalized spacial score (nSPS) is 13.1. The van der Waals surface area contributed by atoms with Crippen LogP contribution in [-0.4, -0.2) is 0 Å². The molecule has 0 aromatic carbocycles. The third kappa shape index (κ3) is 2.81. The molecule has 0 saturated carbocycles. The van der Waals surface area contributed by atoms with E-state index in [1.54, 1.807) is 0 Å². The van der Waals surface area contributed by atoms with E-state index in [1.165, 1.54) is 51.4 Å². The first kappa shape index (κ1) is 16.0. The number of rotatable bonds is 9. The summed E-state index contributed by atoms with van der Waals surface area (Å²) in [4.78, 5) is 0. The van der Waals surface area contributed by atoms with Crippen molar-refractivity contribution in [3.63, 3.8) is 0 Å². The van der Waals surface area contributed by atoms with Crippen LogP contribution in [0.15, 0.2) is 0 Å². The van der Waals surface area contributed by atoms with E-state index < -0.39 is 0 Å². The fourth-order valence-corrected chi connectivity index (χ4v) is 4.01. The van der Waals surface area contributed by atoms with Gasteiger partial charge in [0.1, 0.15) is 0 Å². The molecule has 0 unspecified atom stereocenters. The molecule has 0 heterocycles. The Morgan fingerprint density at radius 1 is 0.562 bits per heavy atom. The Labute approximate surface area is 104 Å². The molecule has 0 atom stereocenters. The molecule has 0 aromatic heterocycles. The zero-order chi connectivity index (χ0) is 12.7. The maximum absolute atomic E-state index is 2.41. The number of hydrogen-bond acceptors (Lipinski definition) is 0. The lowest BCUT2D eigenvalue weighted by atomic mass is 9.55. The average molecular weight is 226 g/mol. The van der Waals surface area contributed by atoms with Crippen LogP contribution >= 0.6 is 0 Å². The fourth-order valence-electron chi connectivity index (χ4n) is 4.01. The van der Waals surface area contributed by atoms with Crippen molar-refractivity contribution < 1.29 is 0 Å². The van der Waals surface area contributed by atoms with Gasteiger partial charge in [-0.2, -0.15) is 0 Å². The van der Waals surface area contributed by atoms with E-state index in [9.17, 15) is 0 Å². The quantitative estimate of drug-likeness (QED) is 0.439. The van der Waals surface area contributed by atoms with Crippen molar-refractivity contribution >= 4 is 0 Å². The van der Waals surface area contributed by atoms with Gasteiger partial charge in [-0.25, -0.2) is 0 Å². The zero-order valence-corrected chi connectivity index (χ0v) is 12.7.